The van der Waals surface area contributed by atoms with E-state index >= 15 is 0 Å². The minimum Gasteiger partial charge on any atom is -0.454 e. The van der Waals surface area contributed by atoms with Crippen molar-refractivity contribution < 1.29 is 4.42 Å². The summed E-state index contributed by atoms with van der Waals surface area (Å²) in [6, 6.07) is 70.2. The zero-order valence-corrected chi connectivity index (χ0v) is 32.7. The summed E-state index contributed by atoms with van der Waals surface area (Å²) in [6.45, 7) is 0. The number of furan rings is 1. The van der Waals surface area contributed by atoms with Gasteiger partial charge in [0.05, 0.1) is 27.8 Å². The molecule has 9 aromatic carbocycles. The van der Waals surface area contributed by atoms with E-state index in [2.05, 4.69) is 179 Å². The van der Waals surface area contributed by atoms with E-state index in [9.17, 15) is 0 Å². The lowest BCUT2D eigenvalue weighted by molar-refractivity contribution is 0.666. The van der Waals surface area contributed by atoms with Gasteiger partial charge < -0.3 is 13.6 Å². The minimum atomic E-state index is 0.579. The molecule has 61 heavy (non-hydrogen) atoms. The van der Waals surface area contributed by atoms with Crippen molar-refractivity contribution in [2.45, 2.75) is 0 Å². The fraction of sp³-hybridized carbons (Fsp3) is 0. The van der Waals surface area contributed by atoms with Gasteiger partial charge in [-0.05, 0) is 83.6 Å². The summed E-state index contributed by atoms with van der Waals surface area (Å²) in [4.78, 5) is 15.8. The smallest absolute Gasteiger partial charge is 0.164 e. The van der Waals surface area contributed by atoms with E-state index < -0.39 is 0 Å². The first-order valence-corrected chi connectivity index (χ1v) is 20.5. The van der Waals surface area contributed by atoms with Gasteiger partial charge in [-0.1, -0.05) is 127 Å². The molecular formula is C55H33N5O. The predicted molar refractivity (Wildman–Crippen MR) is 250 cm³/mol. The average molecular weight is 780 g/mol. The molecule has 0 spiro atoms. The van der Waals surface area contributed by atoms with Crippen molar-refractivity contribution >= 4 is 76.3 Å². The summed E-state index contributed by atoms with van der Waals surface area (Å²) in [6.07, 6.45) is 0. The number of fused-ring (bicyclic) bond motifs is 10. The Balaban J connectivity index is 1.09. The molecule has 0 atom stereocenters. The van der Waals surface area contributed by atoms with E-state index in [1.54, 1.807) is 0 Å². The van der Waals surface area contributed by atoms with Crippen LogP contribution >= 0.6 is 0 Å². The minimum absolute atomic E-state index is 0.579. The van der Waals surface area contributed by atoms with Crippen LogP contribution in [0.25, 0.3) is 122 Å². The van der Waals surface area contributed by atoms with Crippen molar-refractivity contribution in [1.29, 1.82) is 0 Å². The Kier molecular flexibility index (Phi) is 7.21. The zero-order chi connectivity index (χ0) is 40.0. The maximum Gasteiger partial charge on any atom is 0.164 e. The summed E-state index contributed by atoms with van der Waals surface area (Å²) in [7, 11) is 0. The van der Waals surface area contributed by atoms with Crippen molar-refractivity contribution in [3.63, 3.8) is 0 Å². The number of hydrogen-bond acceptors (Lipinski definition) is 4. The second kappa shape index (κ2) is 13.1. The lowest BCUT2D eigenvalue weighted by Crippen LogP contribution is -2.01. The molecule has 0 radical (unpaired) electrons. The van der Waals surface area contributed by atoms with E-state index in [-0.39, 0.29) is 0 Å². The molecule has 0 saturated heterocycles. The highest BCUT2D eigenvalue weighted by Gasteiger charge is 2.22. The Bertz CT molecular complexity index is 3880. The molecule has 0 aliphatic heterocycles. The second-order valence-corrected chi connectivity index (χ2v) is 15.6. The Morgan fingerprint density at radius 1 is 0.328 bits per heavy atom. The maximum atomic E-state index is 6.80. The standard InChI is InChI=1S/C55H33N5O/c1-3-15-34(16-4-1)53-56-54(37-27-28-48-43(30-37)40-21-9-12-24-46(40)59(48)39-19-5-2-6-20-39)58-55(57-53)38-31-45-42-23-11-14-26-51(42)61-52(45)50(33-38)60-47-25-13-10-22-41(47)44-29-35-17-7-8-18-36(35)32-49(44)60/h1-33H. The molecule has 6 heteroatoms. The van der Waals surface area contributed by atoms with Gasteiger partial charge in [-0.3, -0.25) is 0 Å². The molecule has 0 amide bonds. The van der Waals surface area contributed by atoms with E-state index in [0.29, 0.717) is 17.5 Å². The van der Waals surface area contributed by atoms with Crippen molar-refractivity contribution in [3.05, 3.63) is 200 Å². The van der Waals surface area contributed by atoms with Gasteiger partial charge in [-0.25, -0.2) is 15.0 Å². The third kappa shape index (κ3) is 5.19. The first kappa shape index (κ1) is 33.6. The Morgan fingerprint density at radius 2 is 0.869 bits per heavy atom. The highest BCUT2D eigenvalue weighted by atomic mass is 16.3. The van der Waals surface area contributed by atoms with Crippen LogP contribution in [0.5, 0.6) is 0 Å². The van der Waals surface area contributed by atoms with Crippen LogP contribution in [0.3, 0.4) is 0 Å². The van der Waals surface area contributed by atoms with E-state index in [0.717, 1.165) is 77.5 Å². The number of para-hydroxylation sites is 4. The van der Waals surface area contributed by atoms with Crippen molar-refractivity contribution in [2.75, 3.05) is 0 Å². The fourth-order valence-corrected chi connectivity index (χ4v) is 9.34. The molecule has 13 aromatic rings. The Hall–Kier alpha value is -8.35. The number of rotatable bonds is 5. The van der Waals surface area contributed by atoms with Gasteiger partial charge in [0.25, 0.3) is 0 Å². The summed E-state index contributed by atoms with van der Waals surface area (Å²) >= 11 is 0. The molecule has 0 unspecified atom stereocenters. The lowest BCUT2D eigenvalue weighted by Gasteiger charge is -2.13. The first-order chi connectivity index (χ1) is 30.2. The van der Waals surface area contributed by atoms with Gasteiger partial charge in [0, 0.05) is 54.7 Å². The molecular weight excluding hydrogens is 747 g/mol. The van der Waals surface area contributed by atoms with Gasteiger partial charge in [-0.15, -0.1) is 0 Å². The topological polar surface area (TPSA) is 61.7 Å². The molecule has 0 N–H and O–H groups in total. The average Bonchev–Trinajstić information content (AvgIpc) is 3.98. The van der Waals surface area contributed by atoms with E-state index in [1.807, 2.05) is 30.3 Å². The molecule has 284 valence electrons. The summed E-state index contributed by atoms with van der Waals surface area (Å²) in [5.41, 5.74) is 10.8. The summed E-state index contributed by atoms with van der Waals surface area (Å²) in [5, 5.41) is 9.06. The van der Waals surface area contributed by atoms with Gasteiger partial charge in [0.2, 0.25) is 0 Å². The van der Waals surface area contributed by atoms with E-state index in [4.69, 9.17) is 19.4 Å². The summed E-state index contributed by atoms with van der Waals surface area (Å²) < 4.78 is 11.5. The maximum absolute atomic E-state index is 6.80. The van der Waals surface area contributed by atoms with Gasteiger partial charge in [-0.2, -0.15) is 0 Å². The highest BCUT2D eigenvalue weighted by molar-refractivity contribution is 6.16. The van der Waals surface area contributed by atoms with Gasteiger partial charge >= 0.3 is 0 Å². The Morgan fingerprint density at radius 3 is 1.62 bits per heavy atom. The molecule has 0 fully saturated rings. The number of benzene rings is 9. The third-order valence-corrected chi connectivity index (χ3v) is 12.1. The fourth-order valence-electron chi connectivity index (χ4n) is 9.34. The molecule has 0 bridgehead atoms. The predicted octanol–water partition coefficient (Wildman–Crippen LogP) is 14.1. The van der Waals surface area contributed by atoms with Crippen molar-refractivity contribution in [2.24, 2.45) is 0 Å². The largest absolute Gasteiger partial charge is 0.454 e. The molecule has 4 heterocycles. The van der Waals surface area contributed by atoms with Crippen LogP contribution in [0.2, 0.25) is 0 Å². The van der Waals surface area contributed by atoms with Gasteiger partial charge in [0.15, 0.2) is 23.1 Å². The zero-order valence-electron chi connectivity index (χ0n) is 32.7. The van der Waals surface area contributed by atoms with Crippen molar-refractivity contribution in [3.8, 4) is 45.5 Å². The normalized spacial score (nSPS) is 11.9. The lowest BCUT2D eigenvalue weighted by atomic mass is 10.1. The number of aromatic nitrogens is 5. The van der Waals surface area contributed by atoms with Crippen LogP contribution in [0, 0.1) is 0 Å². The molecule has 13 rings (SSSR count). The monoisotopic (exact) mass is 779 g/mol. The van der Waals surface area contributed by atoms with Crippen LogP contribution < -0.4 is 0 Å². The second-order valence-electron chi connectivity index (χ2n) is 15.6. The quantitative estimate of drug-likeness (QED) is 0.175. The van der Waals surface area contributed by atoms with Crippen LogP contribution in [0.1, 0.15) is 0 Å². The third-order valence-electron chi connectivity index (χ3n) is 12.1. The van der Waals surface area contributed by atoms with Crippen LogP contribution in [-0.4, -0.2) is 24.1 Å². The van der Waals surface area contributed by atoms with Crippen molar-refractivity contribution in [1.82, 2.24) is 24.1 Å². The first-order valence-electron chi connectivity index (χ1n) is 20.5. The number of hydrogen-bond donors (Lipinski definition) is 0. The SMILES string of the molecule is c1ccc(-c2nc(-c3cc(-n4c5ccccc5c5cc6ccccc6cc54)c4oc5ccccc5c4c3)nc(-c3ccc4c(c3)c3ccccc3n4-c3ccccc3)n2)cc1. The van der Waals surface area contributed by atoms with Crippen LogP contribution in [0.4, 0.5) is 0 Å². The summed E-state index contributed by atoms with van der Waals surface area (Å²) in [5.74, 6) is 1.79. The molecule has 4 aromatic heterocycles. The highest BCUT2D eigenvalue weighted by Crippen LogP contribution is 2.42. The molecule has 0 aliphatic carbocycles. The van der Waals surface area contributed by atoms with Crippen LogP contribution in [0.15, 0.2) is 205 Å². The van der Waals surface area contributed by atoms with E-state index in [1.165, 1.54) is 26.9 Å². The van der Waals surface area contributed by atoms with Gasteiger partial charge in [0.1, 0.15) is 5.58 Å². The molecule has 0 saturated carbocycles. The number of nitrogens with zero attached hydrogens (tertiary/aromatic N) is 5. The molecule has 6 nitrogen and oxygen atoms in total. The Labute approximate surface area is 349 Å². The van der Waals surface area contributed by atoms with Crippen LogP contribution in [-0.2, 0) is 0 Å². The molecule has 0 aliphatic rings.